The van der Waals surface area contributed by atoms with Crippen molar-refractivity contribution in [3.8, 4) is 5.75 Å². The largest absolute Gasteiger partial charge is 0.487 e. The molecule has 0 spiro atoms. The maximum absolute atomic E-state index is 12.3. The second-order valence-corrected chi connectivity index (χ2v) is 7.60. The molecule has 0 saturated carbocycles. The summed E-state index contributed by atoms with van der Waals surface area (Å²) >= 11 is 1.61. The highest BCUT2D eigenvalue weighted by Crippen LogP contribution is 2.16. The average Bonchev–Trinajstić information content (AvgIpc) is 3.15. The second-order valence-electron chi connectivity index (χ2n) is 6.54. The van der Waals surface area contributed by atoms with Crippen LogP contribution in [0.3, 0.4) is 0 Å². The van der Waals surface area contributed by atoms with Gasteiger partial charge in [0.15, 0.2) is 0 Å². The van der Waals surface area contributed by atoms with Crippen molar-refractivity contribution in [2.45, 2.75) is 20.0 Å². The number of amides is 1. The van der Waals surface area contributed by atoms with Crippen molar-refractivity contribution in [1.82, 2.24) is 10.3 Å². The number of nitrogens with one attached hydrogen (secondary N) is 1. The molecule has 1 amide bonds. The van der Waals surface area contributed by atoms with Crippen molar-refractivity contribution in [2.75, 3.05) is 25.0 Å². The lowest BCUT2D eigenvalue weighted by atomic mass is 10.2. The third kappa shape index (κ3) is 5.82. The Morgan fingerprint density at radius 1 is 1.14 bits per heavy atom. The minimum Gasteiger partial charge on any atom is -0.487 e. The Hall–Kier alpha value is -2.86. The molecule has 0 aliphatic rings. The number of aryl methyl sites for hydroxylation is 1. The number of thiazole rings is 1. The topological polar surface area (TPSA) is 54.5 Å². The number of anilines is 1. The van der Waals surface area contributed by atoms with Crippen LogP contribution in [0.2, 0.25) is 0 Å². The number of ether oxygens (including phenoxy) is 1. The number of para-hydroxylation sites is 1. The zero-order chi connectivity index (χ0) is 19.8. The molecule has 0 aliphatic carbocycles. The number of nitrogens with zero attached hydrogens (tertiary/aromatic N) is 2. The van der Waals surface area contributed by atoms with E-state index in [4.69, 9.17) is 4.74 Å². The summed E-state index contributed by atoms with van der Waals surface area (Å²) in [4.78, 5) is 18.8. The molecule has 3 rings (SSSR count). The molecule has 6 heteroatoms. The fourth-order valence-electron chi connectivity index (χ4n) is 2.77. The first-order valence-corrected chi connectivity index (χ1v) is 10.2. The highest BCUT2D eigenvalue weighted by molar-refractivity contribution is 7.09. The highest BCUT2D eigenvalue weighted by atomic mass is 32.1. The van der Waals surface area contributed by atoms with Crippen molar-refractivity contribution in [2.24, 2.45) is 0 Å². The number of hydrogen-bond acceptors (Lipinski definition) is 5. The summed E-state index contributed by atoms with van der Waals surface area (Å²) in [5.74, 6) is 0.663. The zero-order valence-electron chi connectivity index (χ0n) is 16.2. The lowest BCUT2D eigenvalue weighted by molar-refractivity contribution is 0.0953. The normalized spacial score (nSPS) is 10.5. The molecular formula is C22H25N3O2S. The standard InChI is InChI=1S/C22H25N3O2S/c1-17-24-19(16-28-17)15-27-21-11-9-18(10-12-21)22(26)23-13-6-14-25(2)20-7-4-3-5-8-20/h3-5,7-12,16H,6,13-15H2,1-2H3,(H,23,26). The van der Waals surface area contributed by atoms with Crippen molar-refractivity contribution >= 4 is 22.9 Å². The van der Waals surface area contributed by atoms with Crippen molar-refractivity contribution < 1.29 is 9.53 Å². The van der Waals surface area contributed by atoms with Gasteiger partial charge in [-0.05, 0) is 49.7 Å². The molecule has 0 saturated heterocycles. The van der Waals surface area contributed by atoms with E-state index < -0.39 is 0 Å². The van der Waals surface area contributed by atoms with E-state index >= 15 is 0 Å². The van der Waals surface area contributed by atoms with Crippen LogP contribution < -0.4 is 15.0 Å². The van der Waals surface area contributed by atoms with Gasteiger partial charge in [-0.25, -0.2) is 4.98 Å². The van der Waals surface area contributed by atoms with E-state index in [2.05, 4.69) is 34.4 Å². The van der Waals surface area contributed by atoms with E-state index in [-0.39, 0.29) is 5.91 Å². The van der Waals surface area contributed by atoms with Crippen molar-refractivity contribution in [3.63, 3.8) is 0 Å². The van der Waals surface area contributed by atoms with E-state index in [0.29, 0.717) is 18.7 Å². The number of hydrogen-bond donors (Lipinski definition) is 1. The van der Waals surface area contributed by atoms with Crippen LogP contribution in [0.25, 0.3) is 0 Å². The van der Waals surface area contributed by atoms with E-state index in [0.717, 1.165) is 29.4 Å². The second kappa shape index (κ2) is 9.90. The lowest BCUT2D eigenvalue weighted by Gasteiger charge is -2.19. The molecule has 0 radical (unpaired) electrons. The molecule has 28 heavy (non-hydrogen) atoms. The first-order chi connectivity index (χ1) is 13.6. The smallest absolute Gasteiger partial charge is 0.251 e. The first kappa shape index (κ1) is 19.9. The predicted octanol–water partition coefficient (Wildman–Crippen LogP) is 4.29. The maximum Gasteiger partial charge on any atom is 0.251 e. The third-order valence-electron chi connectivity index (χ3n) is 4.32. The molecule has 1 N–H and O–H groups in total. The predicted molar refractivity (Wildman–Crippen MR) is 114 cm³/mol. The number of carbonyl (C=O) groups excluding carboxylic acids is 1. The molecule has 3 aromatic rings. The number of carbonyl (C=O) groups is 1. The van der Waals surface area contributed by atoms with Gasteiger partial charge in [-0.2, -0.15) is 0 Å². The Bertz CT molecular complexity index is 878. The monoisotopic (exact) mass is 395 g/mol. The molecule has 0 fully saturated rings. The molecule has 0 aliphatic heterocycles. The van der Waals surface area contributed by atoms with Crippen molar-refractivity contribution in [1.29, 1.82) is 0 Å². The Morgan fingerprint density at radius 3 is 2.57 bits per heavy atom. The van der Waals surface area contributed by atoms with Gasteiger partial charge in [0.2, 0.25) is 0 Å². The molecule has 0 unspecified atom stereocenters. The Morgan fingerprint density at radius 2 is 1.89 bits per heavy atom. The molecule has 0 atom stereocenters. The van der Waals surface area contributed by atoms with Crippen LogP contribution in [-0.4, -0.2) is 31.0 Å². The van der Waals surface area contributed by atoms with Gasteiger partial charge in [-0.15, -0.1) is 11.3 Å². The molecule has 1 heterocycles. The van der Waals surface area contributed by atoms with Gasteiger partial charge in [-0.1, -0.05) is 18.2 Å². The van der Waals surface area contributed by atoms with Crippen LogP contribution in [0, 0.1) is 6.92 Å². The third-order valence-corrected chi connectivity index (χ3v) is 5.14. The quantitative estimate of drug-likeness (QED) is 0.549. The fourth-order valence-corrected chi connectivity index (χ4v) is 3.36. The summed E-state index contributed by atoms with van der Waals surface area (Å²) in [6, 6.07) is 17.4. The number of aromatic nitrogens is 1. The summed E-state index contributed by atoms with van der Waals surface area (Å²) < 4.78 is 5.71. The number of rotatable bonds is 9. The molecule has 0 bridgehead atoms. The molecular weight excluding hydrogens is 370 g/mol. The van der Waals surface area contributed by atoms with Crippen LogP contribution >= 0.6 is 11.3 Å². The maximum atomic E-state index is 12.3. The summed E-state index contributed by atoms with van der Waals surface area (Å²) in [5.41, 5.74) is 2.73. The number of benzene rings is 2. The van der Waals surface area contributed by atoms with Gasteiger partial charge < -0.3 is 15.0 Å². The van der Waals surface area contributed by atoms with Gasteiger partial charge in [0.05, 0.1) is 10.7 Å². The van der Waals surface area contributed by atoms with Gasteiger partial charge in [0.25, 0.3) is 5.91 Å². The van der Waals surface area contributed by atoms with Crippen LogP contribution in [-0.2, 0) is 6.61 Å². The fraction of sp³-hybridized carbons (Fsp3) is 0.273. The van der Waals surface area contributed by atoms with Crippen LogP contribution in [0.5, 0.6) is 5.75 Å². The molecule has 5 nitrogen and oxygen atoms in total. The first-order valence-electron chi connectivity index (χ1n) is 9.30. The summed E-state index contributed by atoms with van der Waals surface area (Å²) in [5, 5.41) is 5.99. The Balaban J connectivity index is 1.39. The Labute approximate surface area is 170 Å². The van der Waals surface area contributed by atoms with E-state index in [1.165, 1.54) is 5.69 Å². The lowest BCUT2D eigenvalue weighted by Crippen LogP contribution is -2.28. The SMILES string of the molecule is Cc1nc(COc2ccc(C(=O)NCCCN(C)c3ccccc3)cc2)cs1. The minimum atomic E-state index is -0.0657. The van der Waals surface area contributed by atoms with Gasteiger partial charge >= 0.3 is 0 Å². The highest BCUT2D eigenvalue weighted by Gasteiger charge is 2.06. The Kier molecular flexibility index (Phi) is 7.03. The van der Waals surface area contributed by atoms with Gasteiger partial charge in [0.1, 0.15) is 12.4 Å². The molecule has 2 aromatic carbocycles. The van der Waals surface area contributed by atoms with Crippen LogP contribution in [0.15, 0.2) is 60.0 Å². The van der Waals surface area contributed by atoms with E-state index in [9.17, 15) is 4.79 Å². The minimum absolute atomic E-state index is 0.0657. The zero-order valence-corrected chi connectivity index (χ0v) is 17.0. The van der Waals surface area contributed by atoms with Crippen LogP contribution in [0.4, 0.5) is 5.69 Å². The van der Waals surface area contributed by atoms with E-state index in [1.54, 1.807) is 23.5 Å². The molecule has 1 aromatic heterocycles. The summed E-state index contributed by atoms with van der Waals surface area (Å²) in [6.45, 7) is 3.93. The summed E-state index contributed by atoms with van der Waals surface area (Å²) in [7, 11) is 2.06. The molecule has 146 valence electrons. The summed E-state index contributed by atoms with van der Waals surface area (Å²) in [6.07, 6.45) is 0.880. The van der Waals surface area contributed by atoms with E-state index in [1.807, 2.05) is 42.6 Å². The van der Waals surface area contributed by atoms with Gasteiger partial charge in [0, 0.05) is 36.8 Å². The van der Waals surface area contributed by atoms with Crippen LogP contribution in [0.1, 0.15) is 27.5 Å². The van der Waals surface area contributed by atoms with Crippen molar-refractivity contribution in [3.05, 3.63) is 76.2 Å². The van der Waals surface area contributed by atoms with Gasteiger partial charge in [-0.3, -0.25) is 4.79 Å². The average molecular weight is 396 g/mol.